The van der Waals surface area contributed by atoms with Gasteiger partial charge in [0.15, 0.2) is 0 Å². The topological polar surface area (TPSA) is 73.1 Å². The second-order valence-corrected chi connectivity index (χ2v) is 4.80. The van der Waals surface area contributed by atoms with Crippen molar-refractivity contribution in [3.63, 3.8) is 0 Å². The highest BCUT2D eigenvalue weighted by Crippen LogP contribution is 2.25. The van der Waals surface area contributed by atoms with Gasteiger partial charge in [-0.15, -0.1) is 0 Å². The third-order valence-electron chi connectivity index (χ3n) is 3.24. The van der Waals surface area contributed by atoms with E-state index in [0.717, 1.165) is 18.4 Å². The van der Waals surface area contributed by atoms with Crippen LogP contribution in [0.1, 0.15) is 24.0 Å². The number of carbonyl (C=O) groups is 1. The fourth-order valence-electron chi connectivity index (χ4n) is 2.01. The lowest BCUT2D eigenvalue weighted by atomic mass is 9.82. The molecule has 1 aliphatic rings. The van der Waals surface area contributed by atoms with Gasteiger partial charge in [0.25, 0.3) is 0 Å². The molecule has 4 nitrogen and oxygen atoms in total. The summed E-state index contributed by atoms with van der Waals surface area (Å²) in [4.78, 5) is 11.6. The number of hydrogen-bond acceptors (Lipinski definition) is 3. The van der Waals surface area contributed by atoms with Crippen LogP contribution in [0.15, 0.2) is 30.3 Å². The van der Waals surface area contributed by atoms with Gasteiger partial charge in [-0.2, -0.15) is 5.26 Å². The van der Waals surface area contributed by atoms with Crippen LogP contribution in [-0.2, 0) is 4.79 Å². The molecule has 0 spiro atoms. The van der Waals surface area contributed by atoms with Gasteiger partial charge in [-0.3, -0.25) is 4.79 Å². The molecule has 19 heavy (non-hydrogen) atoms. The van der Waals surface area contributed by atoms with Gasteiger partial charge in [-0.05, 0) is 42.5 Å². The van der Waals surface area contributed by atoms with Gasteiger partial charge in [-0.1, -0.05) is 12.1 Å². The van der Waals surface area contributed by atoms with Crippen LogP contribution in [0.2, 0.25) is 0 Å². The summed E-state index contributed by atoms with van der Waals surface area (Å²) < 4.78 is 0. The maximum Gasteiger partial charge on any atom is 0.244 e. The van der Waals surface area contributed by atoms with Gasteiger partial charge >= 0.3 is 0 Å². The molecule has 1 aromatic rings. The molecule has 4 heteroatoms. The summed E-state index contributed by atoms with van der Waals surface area (Å²) in [5, 5.41) is 20.6. The molecule has 1 aromatic carbocycles. The maximum atomic E-state index is 11.6. The van der Waals surface area contributed by atoms with Crippen LogP contribution in [0.25, 0.3) is 6.08 Å². The molecule has 1 fully saturated rings. The summed E-state index contributed by atoms with van der Waals surface area (Å²) in [5.41, 5.74) is 1.48. The van der Waals surface area contributed by atoms with E-state index < -0.39 is 0 Å². The summed E-state index contributed by atoms with van der Waals surface area (Å²) in [6, 6.07) is 9.07. The van der Waals surface area contributed by atoms with E-state index in [-0.39, 0.29) is 12.0 Å². The maximum absolute atomic E-state index is 11.6. The molecular formula is C15H16N2O2. The highest BCUT2D eigenvalue weighted by atomic mass is 16.3. The molecule has 0 aromatic heterocycles. The third kappa shape index (κ3) is 3.94. The number of carbonyl (C=O) groups excluding carboxylic acids is 1. The van der Waals surface area contributed by atoms with Gasteiger partial charge in [0.05, 0.1) is 17.7 Å². The second-order valence-electron chi connectivity index (χ2n) is 4.80. The van der Waals surface area contributed by atoms with E-state index in [2.05, 4.69) is 5.32 Å². The summed E-state index contributed by atoms with van der Waals surface area (Å²) in [6.45, 7) is 0.619. The Hall–Kier alpha value is -2.12. The predicted molar refractivity (Wildman–Crippen MR) is 71.9 cm³/mol. The first-order valence-corrected chi connectivity index (χ1v) is 6.31. The van der Waals surface area contributed by atoms with Crippen LogP contribution < -0.4 is 5.32 Å². The number of amides is 1. The Morgan fingerprint density at radius 1 is 1.42 bits per heavy atom. The number of benzene rings is 1. The van der Waals surface area contributed by atoms with Crippen molar-refractivity contribution in [2.75, 3.05) is 6.54 Å². The lowest BCUT2D eigenvalue weighted by Crippen LogP contribution is -2.37. The van der Waals surface area contributed by atoms with Crippen molar-refractivity contribution in [3.8, 4) is 6.07 Å². The van der Waals surface area contributed by atoms with Crippen LogP contribution in [0.4, 0.5) is 0 Å². The minimum Gasteiger partial charge on any atom is -0.393 e. The Balaban J connectivity index is 1.77. The Kier molecular flexibility index (Phi) is 4.32. The number of nitrogens with one attached hydrogen (secondary N) is 1. The Bertz CT molecular complexity index is 508. The number of nitriles is 1. The van der Waals surface area contributed by atoms with E-state index in [1.807, 2.05) is 6.07 Å². The first-order chi connectivity index (χ1) is 9.17. The van der Waals surface area contributed by atoms with E-state index in [4.69, 9.17) is 10.4 Å². The monoisotopic (exact) mass is 256 g/mol. The number of nitrogens with zero attached hydrogens (tertiary/aromatic N) is 1. The van der Waals surface area contributed by atoms with E-state index in [1.54, 1.807) is 30.3 Å². The molecule has 1 saturated carbocycles. The Morgan fingerprint density at radius 2 is 2.11 bits per heavy atom. The zero-order valence-corrected chi connectivity index (χ0v) is 10.5. The molecule has 0 saturated heterocycles. The molecule has 1 aliphatic carbocycles. The number of hydrogen-bond donors (Lipinski definition) is 2. The molecule has 0 bridgehead atoms. The summed E-state index contributed by atoms with van der Waals surface area (Å²) >= 11 is 0. The third-order valence-corrected chi connectivity index (χ3v) is 3.24. The smallest absolute Gasteiger partial charge is 0.244 e. The average molecular weight is 256 g/mol. The number of rotatable bonds is 4. The standard InChI is InChI=1S/C15H16N2O2/c16-9-12-3-1-11(2-4-12)5-6-15(19)17-10-13-7-14(18)8-13/h1-6,13-14,18H,7-8,10H2,(H,17,19). The summed E-state index contributed by atoms with van der Waals surface area (Å²) in [6.07, 6.45) is 4.57. The minimum atomic E-state index is -0.184. The molecule has 2 rings (SSSR count). The van der Waals surface area contributed by atoms with Crippen molar-refractivity contribution >= 4 is 12.0 Å². The summed E-state index contributed by atoms with van der Waals surface area (Å²) in [5.74, 6) is 0.271. The van der Waals surface area contributed by atoms with Gasteiger partial charge in [0, 0.05) is 12.6 Å². The largest absolute Gasteiger partial charge is 0.393 e. The first kappa shape index (κ1) is 13.3. The van der Waals surface area contributed by atoms with Crippen molar-refractivity contribution in [2.45, 2.75) is 18.9 Å². The molecule has 0 unspecified atom stereocenters. The van der Waals surface area contributed by atoms with Crippen LogP contribution >= 0.6 is 0 Å². The molecular weight excluding hydrogens is 240 g/mol. The van der Waals surface area contributed by atoms with Gasteiger partial charge in [-0.25, -0.2) is 0 Å². The highest BCUT2D eigenvalue weighted by Gasteiger charge is 2.26. The zero-order chi connectivity index (χ0) is 13.7. The molecule has 0 radical (unpaired) electrons. The normalized spacial score (nSPS) is 21.7. The zero-order valence-electron chi connectivity index (χ0n) is 10.5. The van der Waals surface area contributed by atoms with Gasteiger partial charge in [0.1, 0.15) is 0 Å². The van der Waals surface area contributed by atoms with Crippen LogP contribution in [-0.4, -0.2) is 23.7 Å². The molecule has 0 atom stereocenters. The quantitative estimate of drug-likeness (QED) is 0.801. The van der Waals surface area contributed by atoms with Crippen molar-refractivity contribution < 1.29 is 9.90 Å². The van der Waals surface area contributed by atoms with E-state index in [0.29, 0.717) is 18.0 Å². The molecule has 2 N–H and O–H groups in total. The minimum absolute atomic E-state index is 0.134. The fourth-order valence-corrected chi connectivity index (χ4v) is 2.01. The van der Waals surface area contributed by atoms with Crippen LogP contribution in [0.3, 0.4) is 0 Å². The van der Waals surface area contributed by atoms with Gasteiger partial charge in [0.2, 0.25) is 5.91 Å². The van der Waals surface area contributed by atoms with Crippen molar-refractivity contribution in [2.24, 2.45) is 5.92 Å². The average Bonchev–Trinajstić information content (AvgIpc) is 2.40. The predicted octanol–water partition coefficient (Wildman–Crippen LogP) is 1.46. The molecule has 0 heterocycles. The van der Waals surface area contributed by atoms with Crippen LogP contribution in [0.5, 0.6) is 0 Å². The lowest BCUT2D eigenvalue weighted by Gasteiger charge is -2.31. The number of aliphatic hydroxyl groups excluding tert-OH is 1. The lowest BCUT2D eigenvalue weighted by molar-refractivity contribution is -0.117. The fraction of sp³-hybridized carbons (Fsp3) is 0.333. The second kappa shape index (κ2) is 6.17. The highest BCUT2D eigenvalue weighted by molar-refractivity contribution is 5.91. The molecule has 0 aliphatic heterocycles. The number of aliphatic hydroxyl groups is 1. The van der Waals surface area contributed by atoms with Gasteiger partial charge < -0.3 is 10.4 Å². The van der Waals surface area contributed by atoms with Crippen molar-refractivity contribution in [3.05, 3.63) is 41.5 Å². The van der Waals surface area contributed by atoms with E-state index in [9.17, 15) is 4.79 Å². The summed E-state index contributed by atoms with van der Waals surface area (Å²) in [7, 11) is 0. The first-order valence-electron chi connectivity index (χ1n) is 6.31. The van der Waals surface area contributed by atoms with Crippen molar-refractivity contribution in [1.82, 2.24) is 5.32 Å². The van der Waals surface area contributed by atoms with Crippen LogP contribution in [0, 0.1) is 17.2 Å². The van der Waals surface area contributed by atoms with Crippen molar-refractivity contribution in [1.29, 1.82) is 5.26 Å². The Morgan fingerprint density at radius 3 is 2.68 bits per heavy atom. The Labute approximate surface area is 112 Å². The molecule has 98 valence electrons. The van der Waals surface area contributed by atoms with E-state index in [1.165, 1.54) is 6.08 Å². The SMILES string of the molecule is N#Cc1ccc(C=CC(=O)NCC2CC(O)C2)cc1. The molecule has 1 amide bonds. The van der Waals surface area contributed by atoms with E-state index >= 15 is 0 Å².